The first-order chi connectivity index (χ1) is 10.2. The third kappa shape index (κ3) is 3.26. The molecule has 3 rings (SSSR count). The maximum atomic E-state index is 9.53. The summed E-state index contributed by atoms with van der Waals surface area (Å²) < 4.78 is 0. The molecular weight excluding hydrogens is 278 g/mol. The van der Waals surface area contributed by atoms with Crippen LogP contribution in [-0.2, 0) is 6.54 Å². The van der Waals surface area contributed by atoms with Crippen molar-refractivity contribution in [3.8, 4) is 16.2 Å². The van der Waals surface area contributed by atoms with Crippen molar-refractivity contribution < 1.29 is 5.11 Å². The molecule has 0 fully saturated rings. The van der Waals surface area contributed by atoms with Crippen LogP contribution in [0, 0.1) is 6.92 Å². The van der Waals surface area contributed by atoms with Crippen LogP contribution in [-0.4, -0.2) is 5.11 Å². The smallest absolute Gasteiger partial charge is 0.118 e. The summed E-state index contributed by atoms with van der Waals surface area (Å²) in [5.41, 5.74) is 3.17. The normalized spacial score (nSPS) is 10.5. The van der Waals surface area contributed by atoms with Crippen molar-refractivity contribution >= 4 is 17.0 Å². The lowest BCUT2D eigenvalue weighted by Crippen LogP contribution is -1.97. The Morgan fingerprint density at radius 3 is 2.57 bits per heavy atom. The van der Waals surface area contributed by atoms with Crippen molar-refractivity contribution in [2.45, 2.75) is 13.5 Å². The van der Waals surface area contributed by atoms with Gasteiger partial charge in [0.15, 0.2) is 0 Å². The highest BCUT2D eigenvalue weighted by Crippen LogP contribution is 2.28. The Hall–Kier alpha value is -2.26. The molecule has 2 N–H and O–H groups in total. The van der Waals surface area contributed by atoms with E-state index in [1.54, 1.807) is 17.4 Å². The molecule has 0 radical (unpaired) electrons. The van der Waals surface area contributed by atoms with Gasteiger partial charge in [0.05, 0.1) is 0 Å². The SMILES string of the molecule is Cc1cc(NCc2ccc(-c3ccccc3)s2)ccc1O. The predicted octanol–water partition coefficient (Wildman–Crippen LogP) is 5.04. The third-order valence-corrected chi connectivity index (χ3v) is 4.52. The number of phenolic OH excluding ortho intramolecular Hbond substituents is 1. The molecule has 1 heterocycles. The molecule has 2 nitrogen and oxygen atoms in total. The van der Waals surface area contributed by atoms with Crippen molar-refractivity contribution in [2.24, 2.45) is 0 Å². The van der Waals surface area contributed by atoms with Crippen LogP contribution in [0.4, 0.5) is 5.69 Å². The average Bonchev–Trinajstić information content (AvgIpc) is 2.98. The third-order valence-electron chi connectivity index (χ3n) is 3.38. The first kappa shape index (κ1) is 13.7. The van der Waals surface area contributed by atoms with Gasteiger partial charge in [0.2, 0.25) is 0 Å². The van der Waals surface area contributed by atoms with Crippen LogP contribution in [0.25, 0.3) is 10.4 Å². The molecule has 3 heteroatoms. The van der Waals surface area contributed by atoms with Crippen LogP contribution >= 0.6 is 11.3 Å². The minimum absolute atomic E-state index is 0.336. The molecule has 1 aromatic heterocycles. The molecule has 21 heavy (non-hydrogen) atoms. The molecular formula is C18H17NOS. The predicted molar refractivity (Wildman–Crippen MR) is 89.9 cm³/mol. The number of nitrogens with one attached hydrogen (secondary N) is 1. The summed E-state index contributed by atoms with van der Waals surface area (Å²) >= 11 is 1.80. The Kier molecular flexibility index (Phi) is 3.93. The van der Waals surface area contributed by atoms with Gasteiger partial charge in [0.25, 0.3) is 0 Å². The highest BCUT2D eigenvalue weighted by Gasteiger charge is 2.03. The molecule has 0 bridgehead atoms. The molecule has 0 aliphatic rings. The number of thiophene rings is 1. The highest BCUT2D eigenvalue weighted by atomic mass is 32.1. The lowest BCUT2D eigenvalue weighted by atomic mass is 10.2. The van der Waals surface area contributed by atoms with E-state index in [1.807, 2.05) is 25.1 Å². The molecule has 3 aromatic rings. The maximum Gasteiger partial charge on any atom is 0.118 e. The second-order valence-electron chi connectivity index (χ2n) is 4.99. The van der Waals surface area contributed by atoms with E-state index in [1.165, 1.54) is 15.3 Å². The number of anilines is 1. The largest absolute Gasteiger partial charge is 0.508 e. The van der Waals surface area contributed by atoms with Crippen LogP contribution in [0.5, 0.6) is 5.75 Å². The fourth-order valence-electron chi connectivity index (χ4n) is 2.19. The van der Waals surface area contributed by atoms with Crippen molar-refractivity contribution in [2.75, 3.05) is 5.32 Å². The number of benzene rings is 2. The Morgan fingerprint density at radius 1 is 1.00 bits per heavy atom. The number of rotatable bonds is 4. The zero-order valence-electron chi connectivity index (χ0n) is 11.8. The summed E-state index contributed by atoms with van der Waals surface area (Å²) in [6.45, 7) is 2.70. The van der Waals surface area contributed by atoms with E-state index in [2.05, 4.69) is 41.7 Å². The van der Waals surface area contributed by atoms with Crippen molar-refractivity contribution in [1.82, 2.24) is 0 Å². The zero-order chi connectivity index (χ0) is 14.7. The van der Waals surface area contributed by atoms with E-state index in [4.69, 9.17) is 0 Å². The van der Waals surface area contributed by atoms with Crippen molar-refractivity contribution in [3.63, 3.8) is 0 Å². The van der Waals surface area contributed by atoms with Gasteiger partial charge in [-0.2, -0.15) is 0 Å². The molecule has 2 aromatic carbocycles. The summed E-state index contributed by atoms with van der Waals surface area (Å²) in [5.74, 6) is 0.336. The zero-order valence-corrected chi connectivity index (χ0v) is 12.7. The standard InChI is InChI=1S/C18H17NOS/c1-13-11-15(7-9-17(13)20)19-12-16-8-10-18(21-16)14-5-3-2-4-6-14/h2-11,19-20H,12H2,1H3. The molecule has 0 saturated heterocycles. The Bertz CT molecular complexity index is 734. The topological polar surface area (TPSA) is 32.3 Å². The quantitative estimate of drug-likeness (QED) is 0.661. The van der Waals surface area contributed by atoms with Gasteiger partial charge in [0.1, 0.15) is 5.75 Å². The summed E-state index contributed by atoms with van der Waals surface area (Å²) in [4.78, 5) is 2.58. The van der Waals surface area contributed by atoms with Crippen molar-refractivity contribution in [1.29, 1.82) is 0 Å². The van der Waals surface area contributed by atoms with E-state index in [0.29, 0.717) is 5.75 Å². The van der Waals surface area contributed by atoms with Crippen LogP contribution in [0.2, 0.25) is 0 Å². The lowest BCUT2D eigenvalue weighted by molar-refractivity contribution is 0.471. The van der Waals surface area contributed by atoms with Gasteiger partial charge in [-0.15, -0.1) is 11.3 Å². The Morgan fingerprint density at radius 2 is 1.81 bits per heavy atom. The maximum absolute atomic E-state index is 9.53. The highest BCUT2D eigenvalue weighted by molar-refractivity contribution is 7.15. The van der Waals surface area contributed by atoms with Gasteiger partial charge in [-0.1, -0.05) is 30.3 Å². The number of hydrogen-bond acceptors (Lipinski definition) is 3. The molecule has 0 spiro atoms. The minimum Gasteiger partial charge on any atom is -0.508 e. The molecule has 0 unspecified atom stereocenters. The van der Waals surface area contributed by atoms with Gasteiger partial charge >= 0.3 is 0 Å². The van der Waals surface area contributed by atoms with Gasteiger partial charge in [-0.05, 0) is 48.4 Å². The van der Waals surface area contributed by atoms with E-state index < -0.39 is 0 Å². The van der Waals surface area contributed by atoms with E-state index >= 15 is 0 Å². The molecule has 106 valence electrons. The molecule has 0 aliphatic heterocycles. The fraction of sp³-hybridized carbons (Fsp3) is 0.111. The number of aromatic hydroxyl groups is 1. The summed E-state index contributed by atoms with van der Waals surface area (Å²) in [6, 6.07) is 20.3. The average molecular weight is 295 g/mol. The minimum atomic E-state index is 0.336. The van der Waals surface area contributed by atoms with E-state index in [0.717, 1.165) is 17.8 Å². The number of phenols is 1. The second kappa shape index (κ2) is 6.02. The Balaban J connectivity index is 1.69. The Labute approximate surface area is 128 Å². The first-order valence-corrected chi connectivity index (χ1v) is 7.71. The molecule has 0 amide bonds. The summed E-state index contributed by atoms with van der Waals surface area (Å²) in [5, 5.41) is 12.9. The fourth-order valence-corrected chi connectivity index (χ4v) is 3.14. The van der Waals surface area contributed by atoms with Crippen LogP contribution in [0.1, 0.15) is 10.4 Å². The first-order valence-electron chi connectivity index (χ1n) is 6.90. The van der Waals surface area contributed by atoms with Crippen LogP contribution in [0.15, 0.2) is 60.7 Å². The van der Waals surface area contributed by atoms with Crippen molar-refractivity contribution in [3.05, 3.63) is 71.1 Å². The summed E-state index contributed by atoms with van der Waals surface area (Å²) in [7, 11) is 0. The van der Waals surface area contributed by atoms with Crippen LogP contribution < -0.4 is 5.32 Å². The van der Waals surface area contributed by atoms with Gasteiger partial charge in [0, 0.05) is 22.0 Å². The molecule has 0 atom stereocenters. The van der Waals surface area contributed by atoms with E-state index in [9.17, 15) is 5.11 Å². The molecule has 0 saturated carbocycles. The monoisotopic (exact) mass is 295 g/mol. The molecule has 0 aliphatic carbocycles. The van der Waals surface area contributed by atoms with Gasteiger partial charge in [-0.3, -0.25) is 0 Å². The number of aryl methyl sites for hydroxylation is 1. The summed E-state index contributed by atoms with van der Waals surface area (Å²) in [6.07, 6.45) is 0. The second-order valence-corrected chi connectivity index (χ2v) is 6.16. The van der Waals surface area contributed by atoms with E-state index in [-0.39, 0.29) is 0 Å². The number of hydrogen-bond donors (Lipinski definition) is 2. The van der Waals surface area contributed by atoms with Crippen LogP contribution in [0.3, 0.4) is 0 Å². The lowest BCUT2D eigenvalue weighted by Gasteiger charge is -2.06. The van der Waals surface area contributed by atoms with Gasteiger partial charge < -0.3 is 10.4 Å². The van der Waals surface area contributed by atoms with Gasteiger partial charge in [-0.25, -0.2) is 0 Å².